The van der Waals surface area contributed by atoms with Gasteiger partial charge in [0.1, 0.15) is 5.69 Å². The van der Waals surface area contributed by atoms with Crippen molar-refractivity contribution in [1.29, 1.82) is 0 Å². The fourth-order valence-corrected chi connectivity index (χ4v) is 2.62. The van der Waals surface area contributed by atoms with Gasteiger partial charge in [0.25, 0.3) is 5.69 Å². The number of nitro benzene ring substituents is 1. The zero-order valence-electron chi connectivity index (χ0n) is 13.3. The van der Waals surface area contributed by atoms with E-state index < -0.39 is 28.4 Å². The second kappa shape index (κ2) is 6.21. The van der Waals surface area contributed by atoms with Crippen LogP contribution in [0.1, 0.15) is 24.1 Å². The Morgan fingerprint density at radius 3 is 2.46 bits per heavy atom. The van der Waals surface area contributed by atoms with Crippen molar-refractivity contribution in [2.75, 3.05) is 5.32 Å². The molecule has 0 radical (unpaired) electrons. The molecule has 26 heavy (non-hydrogen) atoms. The first-order valence-corrected chi connectivity index (χ1v) is 7.49. The molecule has 136 valence electrons. The lowest BCUT2D eigenvalue weighted by molar-refractivity contribution is -0.384. The van der Waals surface area contributed by atoms with Crippen LogP contribution in [0.15, 0.2) is 41.2 Å². The van der Waals surface area contributed by atoms with Gasteiger partial charge in [0.15, 0.2) is 0 Å². The summed E-state index contributed by atoms with van der Waals surface area (Å²) in [4.78, 5) is 26.8. The maximum atomic E-state index is 12.8. The summed E-state index contributed by atoms with van der Waals surface area (Å²) in [6.07, 6.45) is -4.67. The second-order valence-corrected chi connectivity index (χ2v) is 5.74. The molecule has 0 amide bonds. The SMILES string of the molecule is C[C@H](Nc1ccc(C(F)(F)F)cc1[N+](=O)[O-])c1ccc2[nH]c(=O)[nH]c2c1. The molecule has 0 unspecified atom stereocenters. The zero-order chi connectivity index (χ0) is 19.1. The van der Waals surface area contributed by atoms with E-state index in [2.05, 4.69) is 15.3 Å². The third-order valence-corrected chi connectivity index (χ3v) is 3.93. The maximum Gasteiger partial charge on any atom is 0.416 e. The highest BCUT2D eigenvalue weighted by molar-refractivity contribution is 5.75. The molecule has 0 spiro atoms. The van der Waals surface area contributed by atoms with Gasteiger partial charge in [-0.2, -0.15) is 13.2 Å². The van der Waals surface area contributed by atoms with Gasteiger partial charge < -0.3 is 15.3 Å². The molecular formula is C16H13F3N4O3. The largest absolute Gasteiger partial charge is 0.416 e. The van der Waals surface area contributed by atoms with Gasteiger partial charge in [0, 0.05) is 12.1 Å². The number of anilines is 1. The van der Waals surface area contributed by atoms with Crippen LogP contribution in [0, 0.1) is 10.1 Å². The summed E-state index contributed by atoms with van der Waals surface area (Å²) in [5.41, 5.74) is -0.290. The molecule has 3 aromatic rings. The van der Waals surface area contributed by atoms with Crippen LogP contribution >= 0.6 is 0 Å². The number of benzene rings is 2. The molecule has 0 aliphatic heterocycles. The van der Waals surface area contributed by atoms with Crippen molar-refractivity contribution in [2.24, 2.45) is 0 Å². The van der Waals surface area contributed by atoms with E-state index in [4.69, 9.17) is 0 Å². The fraction of sp³-hybridized carbons (Fsp3) is 0.188. The summed E-state index contributed by atoms with van der Waals surface area (Å²) in [5.74, 6) is 0. The van der Waals surface area contributed by atoms with Crippen LogP contribution in [0.3, 0.4) is 0 Å². The molecule has 3 rings (SSSR count). The van der Waals surface area contributed by atoms with Crippen LogP contribution in [-0.2, 0) is 6.18 Å². The number of aromatic nitrogens is 2. The van der Waals surface area contributed by atoms with Gasteiger partial charge in [0.2, 0.25) is 0 Å². The maximum absolute atomic E-state index is 12.8. The molecule has 2 aromatic carbocycles. The van der Waals surface area contributed by atoms with Crippen LogP contribution in [0.4, 0.5) is 24.5 Å². The molecule has 0 saturated heterocycles. The van der Waals surface area contributed by atoms with Crippen molar-refractivity contribution in [1.82, 2.24) is 9.97 Å². The van der Waals surface area contributed by atoms with Gasteiger partial charge >= 0.3 is 11.9 Å². The Hall–Kier alpha value is -3.30. The standard InChI is InChI=1S/C16H13F3N4O3/c1-8(9-2-4-11-13(6-9)22-15(24)21-11)20-12-5-3-10(16(17,18)19)7-14(12)23(25)26/h2-8,20H,1H3,(H2,21,22,24)/t8-/m0/s1. The molecular weight excluding hydrogens is 353 g/mol. The molecule has 0 saturated carbocycles. The minimum absolute atomic E-state index is 0.0295. The summed E-state index contributed by atoms with van der Waals surface area (Å²) in [6, 6.07) is 6.93. The third-order valence-electron chi connectivity index (χ3n) is 3.93. The van der Waals surface area contributed by atoms with E-state index in [0.717, 1.165) is 12.1 Å². The Morgan fingerprint density at radius 2 is 1.81 bits per heavy atom. The minimum Gasteiger partial charge on any atom is -0.373 e. The molecule has 3 N–H and O–H groups in total. The first-order valence-electron chi connectivity index (χ1n) is 7.49. The number of imidazole rings is 1. The van der Waals surface area contributed by atoms with Crippen LogP contribution in [0.25, 0.3) is 11.0 Å². The van der Waals surface area contributed by atoms with Gasteiger partial charge in [-0.05, 0) is 36.8 Å². The Kier molecular flexibility index (Phi) is 4.18. The van der Waals surface area contributed by atoms with Crippen molar-refractivity contribution in [3.05, 3.63) is 68.1 Å². The number of alkyl halides is 3. The third kappa shape index (κ3) is 3.39. The van der Waals surface area contributed by atoms with E-state index in [1.54, 1.807) is 25.1 Å². The first kappa shape index (κ1) is 17.5. The number of nitrogens with one attached hydrogen (secondary N) is 3. The molecule has 1 heterocycles. The molecule has 0 aliphatic rings. The van der Waals surface area contributed by atoms with Crippen molar-refractivity contribution < 1.29 is 18.1 Å². The summed E-state index contributed by atoms with van der Waals surface area (Å²) >= 11 is 0. The van der Waals surface area contributed by atoms with Crippen LogP contribution in [0.2, 0.25) is 0 Å². The average molecular weight is 366 g/mol. The molecule has 1 aromatic heterocycles. The van der Waals surface area contributed by atoms with E-state index in [0.29, 0.717) is 22.7 Å². The number of halogens is 3. The van der Waals surface area contributed by atoms with Crippen molar-refractivity contribution in [3.63, 3.8) is 0 Å². The number of nitro groups is 1. The van der Waals surface area contributed by atoms with Gasteiger partial charge in [-0.3, -0.25) is 10.1 Å². The number of aromatic amines is 2. The number of hydrogen-bond acceptors (Lipinski definition) is 4. The predicted octanol–water partition coefficient (Wildman–Crippen LogP) is 3.96. The number of H-pyrrole nitrogens is 2. The number of rotatable bonds is 4. The lowest BCUT2D eigenvalue weighted by atomic mass is 10.1. The number of fused-ring (bicyclic) bond motifs is 1. The minimum atomic E-state index is -4.67. The summed E-state index contributed by atoms with van der Waals surface area (Å²) in [7, 11) is 0. The molecule has 0 bridgehead atoms. The molecule has 1 atom stereocenters. The lowest BCUT2D eigenvalue weighted by Gasteiger charge is -2.17. The number of hydrogen-bond donors (Lipinski definition) is 3. The van der Waals surface area contributed by atoms with Crippen LogP contribution < -0.4 is 11.0 Å². The molecule has 0 aliphatic carbocycles. The predicted molar refractivity (Wildman–Crippen MR) is 89.1 cm³/mol. The summed E-state index contributed by atoms with van der Waals surface area (Å²) in [5, 5.41) is 14.0. The highest BCUT2D eigenvalue weighted by Gasteiger charge is 2.33. The quantitative estimate of drug-likeness (QED) is 0.480. The zero-order valence-corrected chi connectivity index (χ0v) is 13.3. The fourth-order valence-electron chi connectivity index (χ4n) is 2.62. The summed E-state index contributed by atoms with van der Waals surface area (Å²) in [6.45, 7) is 1.70. The van der Waals surface area contributed by atoms with Crippen LogP contribution in [-0.4, -0.2) is 14.9 Å². The van der Waals surface area contributed by atoms with Gasteiger partial charge in [-0.25, -0.2) is 4.79 Å². The Balaban J connectivity index is 1.93. The molecule has 0 fully saturated rings. The monoisotopic (exact) mass is 366 g/mol. The van der Waals surface area contributed by atoms with Crippen molar-refractivity contribution in [2.45, 2.75) is 19.1 Å². The van der Waals surface area contributed by atoms with Crippen LogP contribution in [0.5, 0.6) is 0 Å². The van der Waals surface area contributed by atoms with Crippen molar-refractivity contribution >= 4 is 22.4 Å². The Bertz CT molecular complexity index is 1040. The van der Waals surface area contributed by atoms with Crippen molar-refractivity contribution in [3.8, 4) is 0 Å². The second-order valence-electron chi connectivity index (χ2n) is 5.74. The van der Waals surface area contributed by atoms with E-state index in [1.807, 2.05) is 0 Å². The summed E-state index contributed by atoms with van der Waals surface area (Å²) < 4.78 is 38.3. The molecule has 10 heteroatoms. The van der Waals surface area contributed by atoms with Gasteiger partial charge in [0.05, 0.1) is 21.5 Å². The Morgan fingerprint density at radius 1 is 1.12 bits per heavy atom. The molecule has 7 nitrogen and oxygen atoms in total. The normalized spacial score (nSPS) is 12.9. The highest BCUT2D eigenvalue weighted by Crippen LogP contribution is 2.36. The topological polar surface area (TPSA) is 104 Å². The smallest absolute Gasteiger partial charge is 0.373 e. The van der Waals surface area contributed by atoms with Gasteiger partial charge in [-0.1, -0.05) is 6.07 Å². The van der Waals surface area contributed by atoms with E-state index in [1.165, 1.54) is 0 Å². The lowest BCUT2D eigenvalue weighted by Crippen LogP contribution is -2.10. The van der Waals surface area contributed by atoms with Gasteiger partial charge in [-0.15, -0.1) is 0 Å². The van der Waals surface area contributed by atoms with E-state index >= 15 is 0 Å². The number of nitrogens with zero attached hydrogens (tertiary/aromatic N) is 1. The van der Waals surface area contributed by atoms with E-state index in [-0.39, 0.29) is 11.4 Å². The van der Waals surface area contributed by atoms with E-state index in [9.17, 15) is 28.1 Å². The first-order chi connectivity index (χ1) is 12.1. The average Bonchev–Trinajstić information content (AvgIpc) is 2.92. The highest BCUT2D eigenvalue weighted by atomic mass is 19.4. The Labute approximate surface area is 144 Å².